The number of nitrogens with one attached hydrogen (secondary N) is 1. The molecule has 0 bridgehead atoms. The maximum Gasteiger partial charge on any atom is 0.223 e. The van der Waals surface area contributed by atoms with Crippen LogP contribution in [0.5, 0.6) is 11.5 Å². The molecule has 0 unspecified atom stereocenters. The van der Waals surface area contributed by atoms with E-state index in [-0.39, 0.29) is 5.78 Å². The van der Waals surface area contributed by atoms with Crippen molar-refractivity contribution in [3.63, 3.8) is 0 Å². The predicted molar refractivity (Wildman–Crippen MR) is 89.5 cm³/mol. The number of hydrogen-bond acceptors (Lipinski definition) is 5. The second-order valence-corrected chi connectivity index (χ2v) is 6.02. The lowest BCUT2D eigenvalue weighted by atomic mass is 9.96. The quantitative estimate of drug-likeness (QED) is 0.679. The molecule has 0 saturated heterocycles. The molecule has 24 heavy (non-hydrogen) atoms. The Bertz CT molecular complexity index is 819. The number of hydrogen-bond donors (Lipinski definition) is 1. The normalized spacial score (nSPS) is 17.8. The van der Waals surface area contributed by atoms with E-state index >= 15 is 0 Å². The lowest BCUT2D eigenvalue weighted by molar-refractivity contribution is 0.102. The molecule has 1 aromatic carbocycles. The molecule has 0 spiro atoms. The van der Waals surface area contributed by atoms with E-state index in [9.17, 15) is 4.79 Å². The van der Waals surface area contributed by atoms with E-state index < -0.39 is 0 Å². The van der Waals surface area contributed by atoms with Gasteiger partial charge in [-0.1, -0.05) is 0 Å². The molecule has 2 aromatic rings. The topological polar surface area (TPSA) is 60.7 Å². The third kappa shape index (κ3) is 2.77. The summed E-state index contributed by atoms with van der Waals surface area (Å²) >= 11 is 0. The molecule has 0 fully saturated rings. The summed E-state index contributed by atoms with van der Waals surface area (Å²) in [4.78, 5) is 12.4. The SMILES string of the molecule is Cc1ccc(C(=O)C=C2NCCc3cc4c(cc32)OCCCO4)o1. The Morgan fingerprint density at radius 1 is 1.17 bits per heavy atom. The minimum atomic E-state index is -0.148. The average Bonchev–Trinajstić information content (AvgIpc) is 2.88. The number of benzene rings is 1. The van der Waals surface area contributed by atoms with Crippen LogP contribution in [-0.2, 0) is 6.42 Å². The van der Waals surface area contributed by atoms with Crippen LogP contribution in [0, 0.1) is 6.92 Å². The van der Waals surface area contributed by atoms with Crippen molar-refractivity contribution in [1.82, 2.24) is 5.32 Å². The lowest BCUT2D eigenvalue weighted by Gasteiger charge is -2.22. The first-order chi connectivity index (χ1) is 11.7. The molecule has 0 atom stereocenters. The molecule has 1 aromatic heterocycles. The Balaban J connectivity index is 1.71. The van der Waals surface area contributed by atoms with Gasteiger partial charge in [0.1, 0.15) is 5.76 Å². The average molecular weight is 325 g/mol. The third-order valence-electron chi connectivity index (χ3n) is 4.23. The van der Waals surface area contributed by atoms with Crippen molar-refractivity contribution in [3.05, 3.63) is 53.0 Å². The Kier molecular flexibility index (Phi) is 3.76. The van der Waals surface area contributed by atoms with Crippen molar-refractivity contribution in [1.29, 1.82) is 0 Å². The zero-order valence-electron chi connectivity index (χ0n) is 13.6. The monoisotopic (exact) mass is 325 g/mol. The highest BCUT2D eigenvalue weighted by molar-refractivity contribution is 6.06. The van der Waals surface area contributed by atoms with Gasteiger partial charge in [-0.05, 0) is 43.2 Å². The molecular weight excluding hydrogens is 306 g/mol. The maximum absolute atomic E-state index is 12.4. The fourth-order valence-corrected chi connectivity index (χ4v) is 3.03. The summed E-state index contributed by atoms with van der Waals surface area (Å²) in [6.45, 7) is 3.92. The summed E-state index contributed by atoms with van der Waals surface area (Å²) < 4.78 is 16.9. The number of rotatable bonds is 2. The smallest absolute Gasteiger partial charge is 0.223 e. The van der Waals surface area contributed by atoms with E-state index in [0.29, 0.717) is 19.0 Å². The predicted octanol–water partition coefficient (Wildman–Crippen LogP) is 3.12. The van der Waals surface area contributed by atoms with Gasteiger partial charge in [0.25, 0.3) is 0 Å². The summed E-state index contributed by atoms with van der Waals surface area (Å²) in [7, 11) is 0. The number of ketones is 1. The maximum atomic E-state index is 12.4. The summed E-state index contributed by atoms with van der Waals surface area (Å²) in [6, 6.07) is 7.49. The molecule has 0 radical (unpaired) electrons. The van der Waals surface area contributed by atoms with Crippen LogP contribution in [0.2, 0.25) is 0 Å². The second-order valence-electron chi connectivity index (χ2n) is 6.02. The number of fused-ring (bicyclic) bond motifs is 2. The van der Waals surface area contributed by atoms with Gasteiger partial charge in [0.15, 0.2) is 17.3 Å². The van der Waals surface area contributed by atoms with Gasteiger partial charge in [0.2, 0.25) is 5.78 Å². The zero-order chi connectivity index (χ0) is 16.5. The fourth-order valence-electron chi connectivity index (χ4n) is 3.03. The van der Waals surface area contributed by atoms with Crippen LogP contribution >= 0.6 is 0 Å². The number of aryl methyl sites for hydroxylation is 1. The van der Waals surface area contributed by atoms with E-state index in [1.165, 1.54) is 0 Å². The highest BCUT2D eigenvalue weighted by Gasteiger charge is 2.21. The standard InChI is InChI=1S/C19H19NO4/c1-12-3-4-17(24-12)16(21)11-15-14-10-19-18(22-7-2-8-23-19)9-13(14)5-6-20-15/h3-4,9-11,20H,2,5-8H2,1H3. The number of carbonyl (C=O) groups is 1. The van der Waals surface area contributed by atoms with Gasteiger partial charge in [0.05, 0.1) is 13.2 Å². The Morgan fingerprint density at radius 3 is 2.71 bits per heavy atom. The van der Waals surface area contributed by atoms with Gasteiger partial charge < -0.3 is 19.2 Å². The van der Waals surface area contributed by atoms with Crippen LogP contribution in [0.1, 0.15) is 33.9 Å². The molecule has 5 nitrogen and oxygen atoms in total. The van der Waals surface area contributed by atoms with Gasteiger partial charge in [-0.25, -0.2) is 0 Å². The second kappa shape index (κ2) is 6.07. The van der Waals surface area contributed by atoms with E-state index in [0.717, 1.165) is 53.5 Å². The summed E-state index contributed by atoms with van der Waals surface area (Å²) in [5, 5.41) is 3.31. The first-order valence-electron chi connectivity index (χ1n) is 8.20. The van der Waals surface area contributed by atoms with E-state index in [4.69, 9.17) is 13.9 Å². The van der Waals surface area contributed by atoms with Crippen LogP contribution in [0.15, 0.2) is 34.8 Å². The van der Waals surface area contributed by atoms with Gasteiger partial charge in [0, 0.05) is 30.3 Å². The minimum absolute atomic E-state index is 0.148. The van der Waals surface area contributed by atoms with Crippen molar-refractivity contribution in [2.45, 2.75) is 19.8 Å². The largest absolute Gasteiger partial charge is 0.490 e. The van der Waals surface area contributed by atoms with Gasteiger partial charge in [-0.3, -0.25) is 4.79 Å². The Morgan fingerprint density at radius 2 is 1.96 bits per heavy atom. The van der Waals surface area contributed by atoms with E-state index in [1.807, 2.05) is 19.1 Å². The van der Waals surface area contributed by atoms with Crippen LogP contribution in [0.25, 0.3) is 5.70 Å². The lowest BCUT2D eigenvalue weighted by Crippen LogP contribution is -2.23. The number of ether oxygens (including phenoxy) is 2. The van der Waals surface area contributed by atoms with Crippen molar-refractivity contribution in [3.8, 4) is 11.5 Å². The molecule has 5 heteroatoms. The summed E-state index contributed by atoms with van der Waals surface area (Å²) in [6.07, 6.45) is 3.36. The Labute approximate surface area is 140 Å². The van der Waals surface area contributed by atoms with Crippen molar-refractivity contribution < 1.29 is 18.7 Å². The highest BCUT2D eigenvalue weighted by Crippen LogP contribution is 2.36. The van der Waals surface area contributed by atoms with Crippen LogP contribution in [-0.4, -0.2) is 25.5 Å². The van der Waals surface area contributed by atoms with E-state index in [2.05, 4.69) is 5.32 Å². The summed E-state index contributed by atoms with van der Waals surface area (Å²) in [5.74, 6) is 2.46. The molecule has 1 N–H and O–H groups in total. The molecule has 2 aliphatic rings. The van der Waals surface area contributed by atoms with Gasteiger partial charge in [-0.2, -0.15) is 0 Å². The minimum Gasteiger partial charge on any atom is -0.490 e. The molecule has 0 aliphatic carbocycles. The van der Waals surface area contributed by atoms with Crippen molar-refractivity contribution in [2.75, 3.05) is 19.8 Å². The molecular formula is C19H19NO4. The molecule has 4 rings (SSSR count). The molecule has 3 heterocycles. The third-order valence-corrected chi connectivity index (χ3v) is 4.23. The summed E-state index contributed by atoms with van der Waals surface area (Å²) in [5.41, 5.74) is 2.95. The first-order valence-corrected chi connectivity index (χ1v) is 8.20. The fraction of sp³-hybridized carbons (Fsp3) is 0.316. The number of carbonyl (C=O) groups excluding carboxylic acids is 1. The van der Waals surface area contributed by atoms with Gasteiger partial charge in [-0.15, -0.1) is 0 Å². The van der Waals surface area contributed by atoms with Crippen molar-refractivity contribution >= 4 is 11.5 Å². The highest BCUT2D eigenvalue weighted by atomic mass is 16.5. The Hall–Kier alpha value is -2.69. The van der Waals surface area contributed by atoms with Crippen molar-refractivity contribution in [2.24, 2.45) is 0 Å². The molecule has 2 aliphatic heterocycles. The van der Waals surface area contributed by atoms with Crippen LogP contribution < -0.4 is 14.8 Å². The number of furan rings is 1. The molecule has 0 amide bonds. The first kappa shape index (κ1) is 14.9. The van der Waals surface area contributed by atoms with Crippen LogP contribution in [0.4, 0.5) is 0 Å². The van der Waals surface area contributed by atoms with E-state index in [1.54, 1.807) is 18.2 Å². The zero-order valence-corrected chi connectivity index (χ0v) is 13.6. The van der Waals surface area contributed by atoms with Crippen LogP contribution in [0.3, 0.4) is 0 Å². The van der Waals surface area contributed by atoms with Gasteiger partial charge >= 0.3 is 0 Å². The molecule has 0 saturated carbocycles. The number of allylic oxidation sites excluding steroid dienone is 1. The molecule has 124 valence electrons.